The molecule has 2 rings (SSSR count). The molecular weight excluding hydrogens is 433 g/mol. The van der Waals surface area contributed by atoms with Crippen molar-refractivity contribution in [1.29, 1.82) is 0 Å². The number of aliphatic imine (C=N–C) groups is 1. The number of nitrogens with zero attached hydrogens (tertiary/aromatic N) is 3. The zero-order chi connectivity index (χ0) is 17.2. The molecule has 0 radical (unpaired) electrons. The third-order valence-corrected chi connectivity index (χ3v) is 3.84. The third-order valence-electron chi connectivity index (χ3n) is 3.84. The SMILES string of the molecule is CCNC(=NCc1ccnc(OC)c1)NCCCN1CCCC1=O.I. The third kappa shape index (κ3) is 7.45. The number of hydrogen-bond donors (Lipinski definition) is 2. The van der Waals surface area contributed by atoms with Crippen molar-refractivity contribution in [2.45, 2.75) is 32.7 Å². The number of carbonyl (C=O) groups is 1. The molecule has 0 bridgehead atoms. The van der Waals surface area contributed by atoms with Crippen molar-refractivity contribution >= 4 is 35.8 Å². The highest BCUT2D eigenvalue weighted by Crippen LogP contribution is 2.10. The summed E-state index contributed by atoms with van der Waals surface area (Å²) < 4.78 is 5.12. The Morgan fingerprint density at radius 2 is 2.28 bits per heavy atom. The number of ether oxygens (including phenoxy) is 1. The summed E-state index contributed by atoms with van der Waals surface area (Å²) in [6.45, 7) is 5.89. The van der Waals surface area contributed by atoms with Gasteiger partial charge in [-0.15, -0.1) is 24.0 Å². The first-order valence-corrected chi connectivity index (χ1v) is 8.51. The van der Waals surface area contributed by atoms with E-state index in [0.717, 1.165) is 50.5 Å². The molecule has 0 saturated carbocycles. The number of guanidine groups is 1. The van der Waals surface area contributed by atoms with E-state index in [1.807, 2.05) is 24.0 Å². The number of aromatic nitrogens is 1. The predicted octanol–water partition coefficient (Wildman–Crippen LogP) is 1.78. The second-order valence-electron chi connectivity index (χ2n) is 5.67. The summed E-state index contributed by atoms with van der Waals surface area (Å²) in [6.07, 6.45) is 4.33. The van der Waals surface area contributed by atoms with Crippen LogP contribution in [0.3, 0.4) is 0 Å². The summed E-state index contributed by atoms with van der Waals surface area (Å²) in [4.78, 5) is 22.2. The van der Waals surface area contributed by atoms with E-state index >= 15 is 0 Å². The number of pyridine rings is 1. The lowest BCUT2D eigenvalue weighted by atomic mass is 10.3. The molecule has 0 aromatic carbocycles. The highest BCUT2D eigenvalue weighted by molar-refractivity contribution is 14.0. The lowest BCUT2D eigenvalue weighted by Gasteiger charge is -2.16. The Hall–Kier alpha value is -1.58. The van der Waals surface area contributed by atoms with Crippen molar-refractivity contribution in [1.82, 2.24) is 20.5 Å². The minimum atomic E-state index is 0. The van der Waals surface area contributed by atoms with E-state index in [-0.39, 0.29) is 29.9 Å². The molecule has 2 N–H and O–H groups in total. The topological polar surface area (TPSA) is 78.9 Å². The Morgan fingerprint density at radius 1 is 1.44 bits per heavy atom. The standard InChI is InChI=1S/C17H27N5O2.HI/c1-3-18-17(20-8-5-11-22-10-4-6-16(22)23)21-13-14-7-9-19-15(12-14)24-2;/h7,9,12H,3-6,8,10-11,13H2,1-2H3,(H2,18,20,21);1H. The van der Waals surface area contributed by atoms with Crippen molar-refractivity contribution < 1.29 is 9.53 Å². The number of likely N-dealkylation sites (tertiary alicyclic amines) is 1. The maximum atomic E-state index is 11.6. The predicted molar refractivity (Wildman–Crippen MR) is 109 cm³/mol. The number of amides is 1. The molecular formula is C17H28IN5O2. The van der Waals surface area contributed by atoms with Gasteiger partial charge >= 0.3 is 0 Å². The number of carbonyl (C=O) groups excluding carboxylic acids is 1. The highest BCUT2D eigenvalue weighted by Gasteiger charge is 2.18. The fourth-order valence-corrected chi connectivity index (χ4v) is 2.59. The summed E-state index contributed by atoms with van der Waals surface area (Å²) in [5.41, 5.74) is 1.04. The van der Waals surface area contributed by atoms with E-state index in [9.17, 15) is 4.79 Å². The Morgan fingerprint density at radius 3 is 2.96 bits per heavy atom. The van der Waals surface area contributed by atoms with Gasteiger partial charge in [0.25, 0.3) is 0 Å². The van der Waals surface area contributed by atoms with E-state index in [1.165, 1.54) is 0 Å². The van der Waals surface area contributed by atoms with Crippen LogP contribution in [0.2, 0.25) is 0 Å². The molecule has 25 heavy (non-hydrogen) atoms. The van der Waals surface area contributed by atoms with Crippen LogP contribution >= 0.6 is 24.0 Å². The van der Waals surface area contributed by atoms with Crippen molar-refractivity contribution in [2.75, 3.05) is 33.3 Å². The molecule has 1 aromatic heterocycles. The van der Waals surface area contributed by atoms with Gasteiger partial charge < -0.3 is 20.3 Å². The van der Waals surface area contributed by atoms with E-state index in [0.29, 0.717) is 18.8 Å². The van der Waals surface area contributed by atoms with Crippen LogP contribution in [0.5, 0.6) is 5.88 Å². The van der Waals surface area contributed by atoms with Gasteiger partial charge in [-0.2, -0.15) is 0 Å². The van der Waals surface area contributed by atoms with Crippen LogP contribution in [0, 0.1) is 0 Å². The monoisotopic (exact) mass is 461 g/mol. The molecule has 1 aliphatic heterocycles. The van der Waals surface area contributed by atoms with E-state index < -0.39 is 0 Å². The second kappa shape index (κ2) is 11.9. The Bertz CT molecular complexity index is 568. The quantitative estimate of drug-likeness (QED) is 0.267. The molecule has 140 valence electrons. The first kappa shape index (κ1) is 21.5. The first-order valence-electron chi connectivity index (χ1n) is 8.51. The number of hydrogen-bond acceptors (Lipinski definition) is 4. The number of nitrogens with one attached hydrogen (secondary N) is 2. The Balaban J connectivity index is 0.00000312. The van der Waals surface area contributed by atoms with Gasteiger partial charge in [-0.05, 0) is 31.4 Å². The second-order valence-corrected chi connectivity index (χ2v) is 5.67. The fourth-order valence-electron chi connectivity index (χ4n) is 2.59. The highest BCUT2D eigenvalue weighted by atomic mass is 127. The molecule has 1 saturated heterocycles. The minimum Gasteiger partial charge on any atom is -0.481 e. The van der Waals surface area contributed by atoms with Crippen LogP contribution in [0.4, 0.5) is 0 Å². The molecule has 7 nitrogen and oxygen atoms in total. The van der Waals surface area contributed by atoms with Crippen LogP contribution in [-0.2, 0) is 11.3 Å². The first-order chi connectivity index (χ1) is 11.7. The smallest absolute Gasteiger partial charge is 0.222 e. The van der Waals surface area contributed by atoms with E-state index in [1.54, 1.807) is 13.3 Å². The maximum absolute atomic E-state index is 11.6. The Labute approximate surface area is 166 Å². The van der Waals surface area contributed by atoms with E-state index in [4.69, 9.17) is 4.74 Å². The summed E-state index contributed by atoms with van der Waals surface area (Å²) >= 11 is 0. The van der Waals surface area contributed by atoms with Crippen LogP contribution in [0.1, 0.15) is 31.7 Å². The van der Waals surface area contributed by atoms with Crippen molar-refractivity contribution in [2.24, 2.45) is 4.99 Å². The molecule has 2 heterocycles. The van der Waals surface area contributed by atoms with Crippen LogP contribution in [0.15, 0.2) is 23.3 Å². The van der Waals surface area contributed by atoms with Gasteiger partial charge in [0.1, 0.15) is 0 Å². The molecule has 8 heteroatoms. The molecule has 0 spiro atoms. The number of rotatable bonds is 8. The van der Waals surface area contributed by atoms with Gasteiger partial charge in [-0.3, -0.25) is 4.79 Å². The normalized spacial score (nSPS) is 14.2. The average molecular weight is 461 g/mol. The van der Waals surface area contributed by atoms with Gasteiger partial charge in [-0.1, -0.05) is 0 Å². The van der Waals surface area contributed by atoms with Crippen molar-refractivity contribution in [3.63, 3.8) is 0 Å². The van der Waals surface area contributed by atoms with Crippen molar-refractivity contribution in [3.05, 3.63) is 23.9 Å². The van der Waals surface area contributed by atoms with Crippen LogP contribution < -0.4 is 15.4 Å². The summed E-state index contributed by atoms with van der Waals surface area (Å²) in [5, 5.41) is 6.54. The Kier molecular flexibility index (Phi) is 10.2. The van der Waals surface area contributed by atoms with Gasteiger partial charge in [0, 0.05) is 44.9 Å². The van der Waals surface area contributed by atoms with E-state index in [2.05, 4.69) is 20.6 Å². The van der Waals surface area contributed by atoms with Gasteiger partial charge in [0.15, 0.2) is 5.96 Å². The maximum Gasteiger partial charge on any atom is 0.222 e. The molecule has 0 unspecified atom stereocenters. The zero-order valence-electron chi connectivity index (χ0n) is 15.0. The minimum absolute atomic E-state index is 0. The van der Waals surface area contributed by atoms with Crippen LogP contribution in [0.25, 0.3) is 0 Å². The van der Waals surface area contributed by atoms with Crippen molar-refractivity contribution in [3.8, 4) is 5.88 Å². The zero-order valence-corrected chi connectivity index (χ0v) is 17.3. The molecule has 0 aliphatic carbocycles. The summed E-state index contributed by atoms with van der Waals surface area (Å²) in [6, 6.07) is 3.81. The number of methoxy groups -OCH3 is 1. The summed E-state index contributed by atoms with van der Waals surface area (Å²) in [7, 11) is 1.60. The van der Waals surface area contributed by atoms with Gasteiger partial charge in [-0.25, -0.2) is 9.98 Å². The fraction of sp³-hybridized carbons (Fsp3) is 0.588. The molecule has 1 fully saturated rings. The molecule has 1 aliphatic rings. The molecule has 1 aromatic rings. The van der Waals surface area contributed by atoms with Gasteiger partial charge in [0.2, 0.25) is 11.8 Å². The van der Waals surface area contributed by atoms with Crippen LogP contribution in [-0.4, -0.2) is 55.0 Å². The molecule has 0 atom stereocenters. The lowest BCUT2D eigenvalue weighted by Crippen LogP contribution is -2.39. The molecule has 1 amide bonds. The summed E-state index contributed by atoms with van der Waals surface area (Å²) in [5.74, 6) is 1.65. The average Bonchev–Trinajstić information content (AvgIpc) is 3.01. The number of halogens is 1. The lowest BCUT2D eigenvalue weighted by molar-refractivity contribution is -0.127. The van der Waals surface area contributed by atoms with Gasteiger partial charge in [0.05, 0.1) is 13.7 Å². The largest absolute Gasteiger partial charge is 0.481 e.